The molecule has 2 aliphatic heterocycles. The predicted molar refractivity (Wildman–Crippen MR) is 198 cm³/mol. The first-order valence-electron chi connectivity index (χ1n) is 17.9. The van der Waals surface area contributed by atoms with E-state index in [1.165, 1.54) is 0 Å². The number of ether oxygens (including phenoxy) is 8. The Morgan fingerprint density at radius 3 is 1.25 bits per heavy atom. The number of benzene rings is 4. The van der Waals surface area contributed by atoms with Crippen LogP contribution in [0, 0.1) is 0 Å². The smallest absolute Gasteiger partial charge is 0.222 e. The van der Waals surface area contributed by atoms with Crippen LogP contribution in [0.15, 0.2) is 115 Å². The lowest BCUT2D eigenvalue weighted by molar-refractivity contribution is 0.00816. The van der Waals surface area contributed by atoms with E-state index in [1.54, 1.807) is 0 Å². The number of pyridine rings is 1. The van der Waals surface area contributed by atoms with Gasteiger partial charge in [0.2, 0.25) is 11.8 Å². The lowest BCUT2D eigenvalue weighted by atomic mass is 10.0. The van der Waals surface area contributed by atoms with Crippen molar-refractivity contribution in [2.75, 3.05) is 52.9 Å². The number of nitrogens with zero attached hydrogens (tertiary/aromatic N) is 1. The number of aromatic nitrogens is 1. The molecule has 270 valence electrons. The summed E-state index contributed by atoms with van der Waals surface area (Å²) in [6.07, 6.45) is 0.529. The molecule has 0 bridgehead atoms. The third-order valence-corrected chi connectivity index (χ3v) is 8.88. The highest BCUT2D eigenvalue weighted by molar-refractivity contribution is 5.65. The normalized spacial score (nSPS) is 17.3. The molecule has 0 amide bonds. The van der Waals surface area contributed by atoms with E-state index in [1.807, 2.05) is 66.7 Å². The molecule has 0 radical (unpaired) electrons. The van der Waals surface area contributed by atoms with Gasteiger partial charge in [-0.15, -0.1) is 0 Å². The quantitative estimate of drug-likeness (QED) is 0.0582. The molecule has 0 saturated carbocycles. The van der Waals surface area contributed by atoms with E-state index in [0.717, 1.165) is 46.6 Å². The molecule has 0 spiro atoms. The molecule has 4 aromatic carbocycles. The monoisotopic (exact) mass is 703 g/mol. The number of rotatable bonds is 20. The Labute approximate surface area is 305 Å². The first-order valence-corrected chi connectivity index (χ1v) is 17.9. The Kier molecular flexibility index (Phi) is 12.2. The fourth-order valence-electron chi connectivity index (χ4n) is 5.59. The SMILES string of the molecule is CC(OCCOCC1CO1)c1ccc(-c2ccc(Oc3cccc(Oc4ccc(-c5ccc(C(C)OCCOCC6CO6)cc5)cc4)n3)cc2)cc1. The van der Waals surface area contributed by atoms with E-state index in [0.29, 0.717) is 62.9 Å². The van der Waals surface area contributed by atoms with Crippen molar-refractivity contribution >= 4 is 0 Å². The number of hydrogen-bond acceptors (Lipinski definition) is 9. The van der Waals surface area contributed by atoms with Gasteiger partial charge in [-0.2, -0.15) is 4.98 Å². The van der Waals surface area contributed by atoms with Crippen LogP contribution in [-0.4, -0.2) is 70.0 Å². The summed E-state index contributed by atoms with van der Waals surface area (Å²) in [6, 6.07) is 38.3. The molecule has 3 heterocycles. The largest absolute Gasteiger partial charge is 0.439 e. The molecule has 9 heteroatoms. The third-order valence-electron chi connectivity index (χ3n) is 8.88. The van der Waals surface area contributed by atoms with Crippen LogP contribution in [0.3, 0.4) is 0 Å². The van der Waals surface area contributed by atoms with Crippen LogP contribution < -0.4 is 9.47 Å². The highest BCUT2D eigenvalue weighted by Gasteiger charge is 2.23. The van der Waals surface area contributed by atoms with Crippen LogP contribution in [0.25, 0.3) is 22.3 Å². The van der Waals surface area contributed by atoms with Crippen LogP contribution in [0.4, 0.5) is 0 Å². The summed E-state index contributed by atoms with van der Waals surface area (Å²) in [5.41, 5.74) is 6.66. The minimum atomic E-state index is -0.0138. The molecule has 1 aromatic heterocycles. The second kappa shape index (κ2) is 17.7. The molecule has 0 N–H and O–H groups in total. The molecule has 9 nitrogen and oxygen atoms in total. The lowest BCUT2D eigenvalue weighted by Crippen LogP contribution is -2.10. The molecular weight excluding hydrogens is 658 g/mol. The van der Waals surface area contributed by atoms with E-state index in [4.69, 9.17) is 37.9 Å². The molecule has 2 aliphatic rings. The second-order valence-corrected chi connectivity index (χ2v) is 12.9. The summed E-state index contributed by atoms with van der Waals surface area (Å²) in [4.78, 5) is 4.57. The molecule has 4 atom stereocenters. The number of epoxide rings is 2. The molecule has 4 unspecified atom stereocenters. The summed E-state index contributed by atoms with van der Waals surface area (Å²) in [5.74, 6) is 2.27. The fraction of sp³-hybridized carbons (Fsp3) is 0.326. The summed E-state index contributed by atoms with van der Waals surface area (Å²) < 4.78 is 45.4. The van der Waals surface area contributed by atoms with Gasteiger partial charge in [0.15, 0.2) is 0 Å². The van der Waals surface area contributed by atoms with Crippen molar-refractivity contribution in [2.24, 2.45) is 0 Å². The van der Waals surface area contributed by atoms with Crippen molar-refractivity contribution in [3.8, 4) is 45.5 Å². The molecule has 2 saturated heterocycles. The maximum Gasteiger partial charge on any atom is 0.222 e. The Balaban J connectivity index is 0.867. The fourth-order valence-corrected chi connectivity index (χ4v) is 5.59. The van der Waals surface area contributed by atoms with E-state index in [9.17, 15) is 0 Å². The van der Waals surface area contributed by atoms with Gasteiger partial charge in [-0.1, -0.05) is 78.9 Å². The van der Waals surface area contributed by atoms with Crippen LogP contribution in [-0.2, 0) is 28.4 Å². The van der Waals surface area contributed by atoms with Crippen molar-refractivity contribution in [1.29, 1.82) is 0 Å². The van der Waals surface area contributed by atoms with Crippen molar-refractivity contribution in [3.63, 3.8) is 0 Å². The predicted octanol–water partition coefficient (Wildman–Crippen LogP) is 8.99. The maximum absolute atomic E-state index is 6.07. The maximum atomic E-state index is 6.07. The zero-order valence-corrected chi connectivity index (χ0v) is 29.6. The van der Waals surface area contributed by atoms with Crippen molar-refractivity contribution in [2.45, 2.75) is 38.3 Å². The minimum Gasteiger partial charge on any atom is -0.439 e. The Bertz CT molecular complexity index is 1690. The minimum absolute atomic E-state index is 0.0138. The first-order chi connectivity index (χ1) is 25.6. The van der Waals surface area contributed by atoms with Gasteiger partial charge in [0, 0.05) is 12.1 Å². The first kappa shape index (κ1) is 35.8. The second-order valence-electron chi connectivity index (χ2n) is 12.9. The summed E-state index contributed by atoms with van der Waals surface area (Å²) in [6.45, 7) is 9.26. The summed E-state index contributed by atoms with van der Waals surface area (Å²) in [7, 11) is 0. The van der Waals surface area contributed by atoms with Crippen LogP contribution in [0.5, 0.6) is 23.3 Å². The molecule has 7 rings (SSSR count). The van der Waals surface area contributed by atoms with Gasteiger partial charge in [0.25, 0.3) is 0 Å². The van der Waals surface area contributed by atoms with Gasteiger partial charge in [0.05, 0.1) is 65.1 Å². The number of hydrogen-bond donors (Lipinski definition) is 0. The molecule has 2 fully saturated rings. The van der Waals surface area contributed by atoms with Crippen molar-refractivity contribution in [3.05, 3.63) is 126 Å². The van der Waals surface area contributed by atoms with Gasteiger partial charge in [-0.25, -0.2) is 0 Å². The van der Waals surface area contributed by atoms with Crippen LogP contribution >= 0.6 is 0 Å². The topological polar surface area (TPSA) is 93.3 Å². The van der Waals surface area contributed by atoms with E-state index in [-0.39, 0.29) is 24.4 Å². The van der Waals surface area contributed by atoms with Gasteiger partial charge in [-0.05, 0) is 71.5 Å². The lowest BCUT2D eigenvalue weighted by Gasteiger charge is -2.14. The molecular formula is C43H45NO8. The zero-order valence-electron chi connectivity index (χ0n) is 29.6. The van der Waals surface area contributed by atoms with Crippen molar-refractivity contribution in [1.82, 2.24) is 4.98 Å². The Hall–Kier alpha value is -4.61. The average Bonchev–Trinajstić information content (AvgIpc) is 4.13. The zero-order chi connectivity index (χ0) is 35.5. The van der Waals surface area contributed by atoms with Gasteiger partial charge in [0.1, 0.15) is 23.7 Å². The Morgan fingerprint density at radius 1 is 0.519 bits per heavy atom. The standard InChI is InChI=1S/C43H45NO8/c1-30(47-24-22-45-26-40-28-49-40)32-6-10-34(11-7-32)36-14-18-38(19-15-36)51-42-4-3-5-43(44-42)52-39-20-16-37(17-21-39)35-12-8-33(9-13-35)31(2)48-25-23-46-27-41-29-50-41/h3-21,30-31,40-41H,22-29H2,1-2H3. The Morgan fingerprint density at radius 2 is 0.885 bits per heavy atom. The average molecular weight is 704 g/mol. The van der Waals surface area contributed by atoms with Crippen molar-refractivity contribution < 1.29 is 37.9 Å². The van der Waals surface area contributed by atoms with Gasteiger partial charge >= 0.3 is 0 Å². The highest BCUT2D eigenvalue weighted by atomic mass is 16.6. The van der Waals surface area contributed by atoms with Gasteiger partial charge in [-0.3, -0.25) is 0 Å². The third kappa shape index (κ3) is 10.7. The van der Waals surface area contributed by atoms with Crippen LogP contribution in [0.2, 0.25) is 0 Å². The summed E-state index contributed by atoms with van der Waals surface area (Å²) in [5, 5.41) is 0. The molecule has 5 aromatic rings. The van der Waals surface area contributed by atoms with Crippen LogP contribution in [0.1, 0.15) is 37.2 Å². The summed E-state index contributed by atoms with van der Waals surface area (Å²) >= 11 is 0. The van der Waals surface area contributed by atoms with Gasteiger partial charge < -0.3 is 37.9 Å². The molecule has 0 aliphatic carbocycles. The molecule has 52 heavy (non-hydrogen) atoms. The van der Waals surface area contributed by atoms with E-state index in [2.05, 4.69) is 67.4 Å². The van der Waals surface area contributed by atoms with E-state index < -0.39 is 0 Å². The highest BCUT2D eigenvalue weighted by Crippen LogP contribution is 2.30. The van der Waals surface area contributed by atoms with E-state index >= 15 is 0 Å².